The molecule has 2 amide bonds. The molecule has 156 valence electrons. The quantitative estimate of drug-likeness (QED) is 0.713. The third kappa shape index (κ3) is 5.32. The zero-order valence-corrected chi connectivity index (χ0v) is 17.4. The summed E-state index contributed by atoms with van der Waals surface area (Å²) in [5.41, 5.74) is 2.12. The highest BCUT2D eigenvalue weighted by atomic mass is 16.5. The van der Waals surface area contributed by atoms with Crippen LogP contribution >= 0.6 is 0 Å². The van der Waals surface area contributed by atoms with Gasteiger partial charge in [-0.1, -0.05) is 0 Å². The van der Waals surface area contributed by atoms with Gasteiger partial charge in [-0.3, -0.25) is 14.3 Å². The summed E-state index contributed by atoms with van der Waals surface area (Å²) in [7, 11) is 2.07. The molecule has 8 nitrogen and oxygen atoms in total. The predicted molar refractivity (Wildman–Crippen MR) is 106 cm³/mol. The third-order valence-electron chi connectivity index (χ3n) is 5.68. The second kappa shape index (κ2) is 9.52. The van der Waals surface area contributed by atoms with E-state index in [4.69, 9.17) is 4.74 Å². The molecule has 0 radical (unpaired) electrons. The Balaban J connectivity index is 1.49. The lowest BCUT2D eigenvalue weighted by Gasteiger charge is -2.38. The van der Waals surface area contributed by atoms with Crippen molar-refractivity contribution in [1.29, 1.82) is 0 Å². The number of rotatable bonds is 6. The van der Waals surface area contributed by atoms with Crippen LogP contribution < -0.4 is 0 Å². The fourth-order valence-electron chi connectivity index (χ4n) is 3.96. The van der Waals surface area contributed by atoms with Crippen molar-refractivity contribution in [3.05, 3.63) is 17.5 Å². The highest BCUT2D eigenvalue weighted by molar-refractivity contribution is 5.80. The third-order valence-corrected chi connectivity index (χ3v) is 5.68. The second-order valence-electron chi connectivity index (χ2n) is 7.96. The summed E-state index contributed by atoms with van der Waals surface area (Å²) < 4.78 is 7.53. The van der Waals surface area contributed by atoms with Crippen molar-refractivity contribution in [2.45, 2.75) is 45.7 Å². The molecule has 2 fully saturated rings. The number of nitrogens with zero attached hydrogens (tertiary/aromatic N) is 5. The van der Waals surface area contributed by atoms with Gasteiger partial charge in [-0.25, -0.2) is 0 Å². The number of likely N-dealkylation sites (N-methyl/N-ethyl adjacent to an activating group) is 1. The van der Waals surface area contributed by atoms with E-state index in [1.807, 2.05) is 34.4 Å². The van der Waals surface area contributed by atoms with E-state index in [0.717, 1.165) is 50.5 Å². The Kier molecular flexibility index (Phi) is 7.07. The molecule has 0 saturated carbocycles. The Morgan fingerprint density at radius 3 is 2.57 bits per heavy atom. The number of piperazine rings is 1. The van der Waals surface area contributed by atoms with Crippen LogP contribution in [0.1, 0.15) is 30.7 Å². The van der Waals surface area contributed by atoms with Crippen LogP contribution in [-0.2, 0) is 20.9 Å². The standard InChI is InChI=1S/C20H33N5O3/c1-16-13-17(2)25(21-16)6-4-5-19(26)24-11-12-28-15-18(24)14-20(27)23-9-7-22(3)8-10-23/h13,18H,4-12,14-15H2,1-3H3/t18-/m1/s1. The number of amides is 2. The van der Waals surface area contributed by atoms with E-state index in [0.29, 0.717) is 32.6 Å². The minimum atomic E-state index is -0.151. The van der Waals surface area contributed by atoms with Crippen molar-refractivity contribution in [2.24, 2.45) is 0 Å². The van der Waals surface area contributed by atoms with Crippen molar-refractivity contribution >= 4 is 11.8 Å². The molecule has 0 unspecified atom stereocenters. The van der Waals surface area contributed by atoms with Crippen LogP contribution in [0.5, 0.6) is 0 Å². The van der Waals surface area contributed by atoms with Gasteiger partial charge in [-0.15, -0.1) is 0 Å². The van der Waals surface area contributed by atoms with E-state index in [9.17, 15) is 9.59 Å². The van der Waals surface area contributed by atoms with Gasteiger partial charge in [-0.2, -0.15) is 5.10 Å². The fourth-order valence-corrected chi connectivity index (χ4v) is 3.96. The maximum absolute atomic E-state index is 12.8. The van der Waals surface area contributed by atoms with Crippen LogP contribution in [-0.4, -0.2) is 95.3 Å². The van der Waals surface area contributed by atoms with Gasteiger partial charge in [-0.05, 0) is 33.4 Å². The van der Waals surface area contributed by atoms with Crippen LogP contribution in [0.25, 0.3) is 0 Å². The molecule has 3 rings (SSSR count). The second-order valence-corrected chi connectivity index (χ2v) is 7.96. The number of hydrogen-bond acceptors (Lipinski definition) is 5. The molecule has 0 aliphatic carbocycles. The van der Waals surface area contributed by atoms with E-state index < -0.39 is 0 Å². The van der Waals surface area contributed by atoms with Crippen LogP contribution in [0.15, 0.2) is 6.07 Å². The van der Waals surface area contributed by atoms with Crippen molar-refractivity contribution in [3.8, 4) is 0 Å². The van der Waals surface area contributed by atoms with E-state index in [1.165, 1.54) is 0 Å². The van der Waals surface area contributed by atoms with Crippen LogP contribution in [0.3, 0.4) is 0 Å². The molecule has 1 aromatic rings. The minimum absolute atomic E-state index is 0.112. The van der Waals surface area contributed by atoms with E-state index >= 15 is 0 Å². The maximum atomic E-state index is 12.8. The molecule has 0 spiro atoms. The molecule has 28 heavy (non-hydrogen) atoms. The Bertz CT molecular complexity index is 681. The number of ether oxygens (including phenoxy) is 1. The Morgan fingerprint density at radius 2 is 1.89 bits per heavy atom. The van der Waals surface area contributed by atoms with Gasteiger partial charge in [0.25, 0.3) is 0 Å². The SMILES string of the molecule is Cc1cc(C)n(CCCC(=O)N2CCOC[C@H]2CC(=O)N2CCN(C)CC2)n1. The number of aromatic nitrogens is 2. The van der Waals surface area contributed by atoms with Crippen molar-refractivity contribution in [2.75, 3.05) is 53.0 Å². The maximum Gasteiger partial charge on any atom is 0.224 e. The molecule has 2 saturated heterocycles. The number of morpholine rings is 1. The Labute approximate surface area is 167 Å². The zero-order valence-electron chi connectivity index (χ0n) is 17.4. The number of aryl methyl sites for hydroxylation is 3. The predicted octanol–water partition coefficient (Wildman–Crippen LogP) is 0.672. The smallest absolute Gasteiger partial charge is 0.224 e. The highest BCUT2D eigenvalue weighted by Crippen LogP contribution is 2.16. The molecule has 3 heterocycles. The van der Waals surface area contributed by atoms with Gasteiger partial charge in [0.05, 0.1) is 24.9 Å². The number of hydrogen-bond donors (Lipinski definition) is 0. The highest BCUT2D eigenvalue weighted by Gasteiger charge is 2.31. The summed E-state index contributed by atoms with van der Waals surface area (Å²) in [5, 5.41) is 4.45. The van der Waals surface area contributed by atoms with Crippen LogP contribution in [0, 0.1) is 13.8 Å². The largest absolute Gasteiger partial charge is 0.377 e. The first kappa shape index (κ1) is 20.8. The summed E-state index contributed by atoms with van der Waals surface area (Å²) in [6.07, 6.45) is 1.57. The molecular weight excluding hydrogens is 358 g/mol. The summed E-state index contributed by atoms with van der Waals surface area (Å²) in [5.74, 6) is 0.241. The first-order chi connectivity index (χ1) is 13.4. The lowest BCUT2D eigenvalue weighted by Crippen LogP contribution is -2.53. The average molecular weight is 392 g/mol. The van der Waals surface area contributed by atoms with E-state index in [2.05, 4.69) is 17.0 Å². The molecule has 1 atom stereocenters. The molecule has 8 heteroatoms. The summed E-state index contributed by atoms with van der Waals surface area (Å²) in [4.78, 5) is 31.5. The van der Waals surface area contributed by atoms with Crippen molar-refractivity contribution in [3.63, 3.8) is 0 Å². The first-order valence-electron chi connectivity index (χ1n) is 10.3. The molecule has 0 bridgehead atoms. The monoisotopic (exact) mass is 391 g/mol. The molecule has 1 aromatic heterocycles. The van der Waals surface area contributed by atoms with Gasteiger partial charge >= 0.3 is 0 Å². The molecule has 2 aliphatic heterocycles. The molecule has 0 aromatic carbocycles. The van der Waals surface area contributed by atoms with Gasteiger partial charge < -0.3 is 19.4 Å². The number of carbonyl (C=O) groups is 2. The zero-order chi connectivity index (χ0) is 20.1. The normalized spacial score (nSPS) is 21.2. The molecule has 2 aliphatic rings. The van der Waals surface area contributed by atoms with E-state index in [-0.39, 0.29) is 17.9 Å². The van der Waals surface area contributed by atoms with Gasteiger partial charge in [0.2, 0.25) is 11.8 Å². The number of carbonyl (C=O) groups excluding carboxylic acids is 2. The van der Waals surface area contributed by atoms with Crippen LogP contribution in [0.2, 0.25) is 0 Å². The Hall–Kier alpha value is -1.93. The summed E-state index contributed by atoms with van der Waals surface area (Å²) in [6, 6.07) is 1.89. The van der Waals surface area contributed by atoms with E-state index in [1.54, 1.807) is 0 Å². The minimum Gasteiger partial charge on any atom is -0.377 e. The topological polar surface area (TPSA) is 70.9 Å². The lowest BCUT2D eigenvalue weighted by molar-refractivity contribution is -0.144. The van der Waals surface area contributed by atoms with Crippen molar-refractivity contribution < 1.29 is 14.3 Å². The van der Waals surface area contributed by atoms with Gasteiger partial charge in [0.1, 0.15) is 0 Å². The first-order valence-corrected chi connectivity index (χ1v) is 10.3. The average Bonchev–Trinajstić information content (AvgIpc) is 2.99. The lowest BCUT2D eigenvalue weighted by atomic mass is 10.1. The van der Waals surface area contributed by atoms with Crippen LogP contribution in [0.4, 0.5) is 0 Å². The molecular formula is C20H33N5O3. The summed E-state index contributed by atoms with van der Waals surface area (Å²) >= 11 is 0. The summed E-state index contributed by atoms with van der Waals surface area (Å²) in [6.45, 7) is 9.64. The Morgan fingerprint density at radius 1 is 1.14 bits per heavy atom. The van der Waals surface area contributed by atoms with Gasteiger partial charge in [0.15, 0.2) is 0 Å². The molecule has 0 N–H and O–H groups in total. The van der Waals surface area contributed by atoms with Crippen molar-refractivity contribution in [1.82, 2.24) is 24.5 Å². The fraction of sp³-hybridized carbons (Fsp3) is 0.750. The van der Waals surface area contributed by atoms with Gasteiger partial charge in [0, 0.05) is 57.8 Å².